The molecule has 112 valence electrons. The van der Waals surface area contributed by atoms with Crippen LogP contribution >= 0.6 is 22.9 Å². The Labute approximate surface area is 134 Å². The van der Waals surface area contributed by atoms with Crippen molar-refractivity contribution in [3.8, 4) is 0 Å². The molecule has 1 aromatic carbocycles. The molecule has 2 aromatic rings. The van der Waals surface area contributed by atoms with Crippen molar-refractivity contribution < 1.29 is 4.79 Å². The van der Waals surface area contributed by atoms with Crippen LogP contribution in [-0.2, 0) is 0 Å². The Balaban J connectivity index is 2.10. The maximum atomic E-state index is 12.2. The van der Waals surface area contributed by atoms with Crippen molar-refractivity contribution in [1.29, 1.82) is 0 Å². The zero-order valence-corrected chi connectivity index (χ0v) is 14.0. The van der Waals surface area contributed by atoms with Crippen LogP contribution in [0.3, 0.4) is 0 Å². The first-order valence-corrected chi connectivity index (χ1v) is 7.99. The standard InChI is InChI=1S/C16H19ClN2OS/c1-11-8-9-21-15(11)16(20)18-10-14(19(2)3)12-6-4-5-7-13(12)17/h4-9,14H,10H2,1-3H3,(H,18,20)/t14-/m1/s1. The lowest BCUT2D eigenvalue weighted by Gasteiger charge is -2.26. The van der Waals surface area contributed by atoms with E-state index in [0.717, 1.165) is 21.0 Å². The third kappa shape index (κ3) is 3.84. The largest absolute Gasteiger partial charge is 0.349 e. The Morgan fingerprint density at radius 3 is 2.62 bits per heavy atom. The fourth-order valence-electron chi connectivity index (χ4n) is 2.19. The molecule has 21 heavy (non-hydrogen) atoms. The van der Waals surface area contributed by atoms with Crippen molar-refractivity contribution >= 4 is 28.8 Å². The number of benzene rings is 1. The number of nitrogens with one attached hydrogen (secondary N) is 1. The molecule has 1 heterocycles. The number of carbonyl (C=O) groups excluding carboxylic acids is 1. The number of hydrogen-bond donors (Lipinski definition) is 1. The first kappa shape index (κ1) is 16.0. The molecule has 0 unspecified atom stereocenters. The highest BCUT2D eigenvalue weighted by Gasteiger charge is 2.19. The zero-order valence-electron chi connectivity index (χ0n) is 12.4. The molecule has 1 N–H and O–H groups in total. The number of nitrogens with zero attached hydrogens (tertiary/aromatic N) is 1. The lowest BCUT2D eigenvalue weighted by molar-refractivity contribution is 0.0945. The van der Waals surface area contributed by atoms with Gasteiger partial charge in [-0.3, -0.25) is 4.79 Å². The number of hydrogen-bond acceptors (Lipinski definition) is 3. The van der Waals surface area contributed by atoms with Gasteiger partial charge in [0.05, 0.1) is 10.9 Å². The lowest BCUT2D eigenvalue weighted by atomic mass is 10.1. The SMILES string of the molecule is Cc1ccsc1C(=O)NC[C@H](c1ccccc1Cl)N(C)C. The molecule has 0 radical (unpaired) electrons. The molecule has 0 aliphatic heterocycles. The molecule has 0 aliphatic rings. The van der Waals surface area contributed by atoms with Gasteiger partial charge in [0.15, 0.2) is 0 Å². The maximum Gasteiger partial charge on any atom is 0.261 e. The van der Waals surface area contributed by atoms with E-state index in [2.05, 4.69) is 10.2 Å². The first-order chi connectivity index (χ1) is 10.0. The van der Waals surface area contributed by atoms with Crippen LogP contribution in [0.4, 0.5) is 0 Å². The van der Waals surface area contributed by atoms with E-state index < -0.39 is 0 Å². The molecule has 1 aromatic heterocycles. The monoisotopic (exact) mass is 322 g/mol. The minimum atomic E-state index is -0.0265. The molecular weight excluding hydrogens is 304 g/mol. The van der Waals surface area contributed by atoms with Crippen LogP contribution in [-0.4, -0.2) is 31.4 Å². The highest BCUT2D eigenvalue weighted by molar-refractivity contribution is 7.12. The molecule has 0 aliphatic carbocycles. The molecule has 0 saturated heterocycles. The zero-order chi connectivity index (χ0) is 15.4. The number of thiophene rings is 1. The molecule has 0 bridgehead atoms. The summed E-state index contributed by atoms with van der Waals surface area (Å²) >= 11 is 7.73. The molecule has 3 nitrogen and oxygen atoms in total. The van der Waals surface area contributed by atoms with Gasteiger partial charge in [0.2, 0.25) is 0 Å². The molecule has 1 amide bonds. The predicted octanol–water partition coefficient (Wildman–Crippen LogP) is 3.74. The van der Waals surface area contributed by atoms with Gasteiger partial charge in [0.1, 0.15) is 0 Å². The summed E-state index contributed by atoms with van der Waals surface area (Å²) in [6.45, 7) is 2.47. The fraction of sp³-hybridized carbons (Fsp3) is 0.312. The summed E-state index contributed by atoms with van der Waals surface area (Å²) in [5.74, 6) is -0.0265. The van der Waals surface area contributed by atoms with E-state index in [4.69, 9.17) is 11.6 Å². The smallest absolute Gasteiger partial charge is 0.261 e. The van der Waals surface area contributed by atoms with Gasteiger partial charge in [-0.05, 0) is 49.7 Å². The van der Waals surface area contributed by atoms with Crippen molar-refractivity contribution in [3.05, 3.63) is 56.7 Å². The first-order valence-electron chi connectivity index (χ1n) is 6.74. The van der Waals surface area contributed by atoms with Gasteiger partial charge in [-0.2, -0.15) is 0 Å². The quantitative estimate of drug-likeness (QED) is 0.909. The number of halogens is 1. The summed E-state index contributed by atoms with van der Waals surface area (Å²) < 4.78 is 0. The van der Waals surface area contributed by atoms with Crippen LogP contribution in [0.5, 0.6) is 0 Å². The molecule has 5 heteroatoms. The van der Waals surface area contributed by atoms with Gasteiger partial charge in [0, 0.05) is 11.6 Å². The van der Waals surface area contributed by atoms with Gasteiger partial charge in [0.25, 0.3) is 5.91 Å². The van der Waals surface area contributed by atoms with Crippen molar-refractivity contribution in [1.82, 2.24) is 10.2 Å². The van der Waals surface area contributed by atoms with Gasteiger partial charge < -0.3 is 10.2 Å². The second-order valence-corrected chi connectivity index (χ2v) is 6.47. The Kier molecular flexibility index (Phi) is 5.39. The molecule has 0 fully saturated rings. The van der Waals surface area contributed by atoms with Gasteiger partial charge in [-0.15, -0.1) is 11.3 Å². The second kappa shape index (κ2) is 7.07. The van der Waals surface area contributed by atoms with E-state index in [1.807, 2.05) is 56.7 Å². The number of rotatable bonds is 5. The van der Waals surface area contributed by atoms with Crippen molar-refractivity contribution in [2.24, 2.45) is 0 Å². The summed E-state index contributed by atoms with van der Waals surface area (Å²) in [6, 6.07) is 9.74. The third-order valence-electron chi connectivity index (χ3n) is 3.41. The topological polar surface area (TPSA) is 32.3 Å². The Bertz CT molecular complexity index is 624. The minimum absolute atomic E-state index is 0.0265. The van der Waals surface area contributed by atoms with Crippen LogP contribution in [0.2, 0.25) is 5.02 Å². The van der Waals surface area contributed by atoms with E-state index in [9.17, 15) is 4.79 Å². The van der Waals surface area contributed by atoms with Crippen molar-refractivity contribution in [2.75, 3.05) is 20.6 Å². The van der Waals surface area contributed by atoms with Gasteiger partial charge in [-0.1, -0.05) is 29.8 Å². The summed E-state index contributed by atoms with van der Waals surface area (Å²) in [7, 11) is 3.97. The second-order valence-electron chi connectivity index (χ2n) is 5.14. The van der Waals surface area contributed by atoms with Gasteiger partial charge >= 0.3 is 0 Å². The third-order valence-corrected chi connectivity index (χ3v) is 4.77. The van der Waals surface area contributed by atoms with Crippen LogP contribution in [0, 0.1) is 6.92 Å². The van der Waals surface area contributed by atoms with Crippen LogP contribution < -0.4 is 5.32 Å². The van der Waals surface area contributed by atoms with Crippen LogP contribution in [0.15, 0.2) is 35.7 Å². The number of likely N-dealkylation sites (N-methyl/N-ethyl adjacent to an activating group) is 1. The molecule has 1 atom stereocenters. The average molecular weight is 323 g/mol. The van der Waals surface area contributed by atoms with E-state index in [1.165, 1.54) is 11.3 Å². The Morgan fingerprint density at radius 2 is 2.05 bits per heavy atom. The lowest BCUT2D eigenvalue weighted by Crippen LogP contribution is -2.34. The summed E-state index contributed by atoms with van der Waals surface area (Å²) in [4.78, 5) is 15.0. The van der Waals surface area contributed by atoms with Crippen molar-refractivity contribution in [3.63, 3.8) is 0 Å². The maximum absolute atomic E-state index is 12.2. The molecule has 0 saturated carbocycles. The normalized spacial score (nSPS) is 12.4. The van der Waals surface area contributed by atoms with E-state index in [0.29, 0.717) is 6.54 Å². The van der Waals surface area contributed by atoms with Crippen LogP contribution in [0.1, 0.15) is 26.8 Å². The number of amides is 1. The van der Waals surface area contributed by atoms with E-state index >= 15 is 0 Å². The summed E-state index contributed by atoms with van der Waals surface area (Å²) in [5.41, 5.74) is 2.03. The highest BCUT2D eigenvalue weighted by Crippen LogP contribution is 2.25. The van der Waals surface area contributed by atoms with Gasteiger partial charge in [-0.25, -0.2) is 0 Å². The van der Waals surface area contributed by atoms with Crippen molar-refractivity contribution in [2.45, 2.75) is 13.0 Å². The fourth-order valence-corrected chi connectivity index (χ4v) is 3.29. The van der Waals surface area contributed by atoms with E-state index in [-0.39, 0.29) is 11.9 Å². The van der Waals surface area contributed by atoms with Crippen LogP contribution in [0.25, 0.3) is 0 Å². The summed E-state index contributed by atoms with van der Waals surface area (Å²) in [6.07, 6.45) is 0. The average Bonchev–Trinajstić information content (AvgIpc) is 2.86. The summed E-state index contributed by atoms with van der Waals surface area (Å²) in [5, 5.41) is 5.66. The molecule has 0 spiro atoms. The molecule has 2 rings (SSSR count). The molecular formula is C16H19ClN2OS. The number of aryl methyl sites for hydroxylation is 1. The Morgan fingerprint density at radius 1 is 1.33 bits per heavy atom. The Hall–Kier alpha value is -1.36. The number of carbonyl (C=O) groups is 1. The predicted molar refractivity (Wildman–Crippen MR) is 89.3 cm³/mol. The highest BCUT2D eigenvalue weighted by atomic mass is 35.5. The minimum Gasteiger partial charge on any atom is -0.349 e. The van der Waals surface area contributed by atoms with E-state index in [1.54, 1.807) is 0 Å².